The molecule has 3 aromatic rings. The van der Waals surface area contributed by atoms with Crippen LogP contribution in [0.2, 0.25) is 0 Å². The van der Waals surface area contributed by atoms with Gasteiger partial charge in [0.2, 0.25) is 0 Å². The molecule has 0 unspecified atom stereocenters. The lowest BCUT2D eigenvalue weighted by atomic mass is 10.0. The minimum Gasteiger partial charge on any atom is -0.497 e. The molecule has 1 aliphatic heterocycles. The zero-order valence-electron chi connectivity index (χ0n) is 18.0. The normalized spacial score (nSPS) is 16.3. The summed E-state index contributed by atoms with van der Waals surface area (Å²) in [7, 11) is 3.33. The predicted molar refractivity (Wildman–Crippen MR) is 119 cm³/mol. The molecule has 1 fully saturated rings. The summed E-state index contributed by atoms with van der Waals surface area (Å²) in [5.74, 6) is 2.37. The quantitative estimate of drug-likeness (QED) is 0.596. The second-order valence-electron chi connectivity index (χ2n) is 7.68. The molecule has 0 amide bonds. The molecule has 6 nitrogen and oxygen atoms in total. The zero-order chi connectivity index (χ0) is 21.6. The second-order valence-corrected chi connectivity index (χ2v) is 7.68. The Morgan fingerprint density at radius 1 is 1.03 bits per heavy atom. The van der Waals surface area contributed by atoms with Crippen molar-refractivity contribution < 1.29 is 19.3 Å². The van der Waals surface area contributed by atoms with Crippen LogP contribution in [-0.4, -0.2) is 48.4 Å². The Labute approximate surface area is 183 Å². The number of ether oxygens (including phenoxy) is 3. The molecule has 0 saturated carbocycles. The monoisotopic (exact) mass is 420 g/mol. The fourth-order valence-corrected chi connectivity index (χ4v) is 3.88. The van der Waals surface area contributed by atoms with Gasteiger partial charge in [0.05, 0.1) is 26.0 Å². The third-order valence-corrected chi connectivity index (χ3v) is 5.52. The molecule has 0 radical (unpaired) electrons. The molecule has 1 aliphatic rings. The van der Waals surface area contributed by atoms with Gasteiger partial charge in [0.1, 0.15) is 23.9 Å². The maximum absolute atomic E-state index is 9.95. The van der Waals surface area contributed by atoms with E-state index in [4.69, 9.17) is 14.2 Å². The van der Waals surface area contributed by atoms with E-state index in [0.717, 1.165) is 52.6 Å². The molecule has 2 heterocycles. The largest absolute Gasteiger partial charge is 0.497 e. The highest BCUT2D eigenvalue weighted by atomic mass is 16.5. The SMILES string of the molecule is COc1ccc(OC)c(-c2ccc(OCc3ccccn3)c(CN3CC[C@H](O)C3)c2)c1. The number of methoxy groups -OCH3 is 2. The number of likely N-dealkylation sites (tertiary alicyclic amines) is 1. The first kappa shape index (κ1) is 21.2. The molecule has 4 rings (SSSR count). The summed E-state index contributed by atoms with van der Waals surface area (Å²) in [6.45, 7) is 2.65. The van der Waals surface area contributed by atoms with Gasteiger partial charge in [-0.1, -0.05) is 12.1 Å². The fourth-order valence-electron chi connectivity index (χ4n) is 3.88. The van der Waals surface area contributed by atoms with Crippen molar-refractivity contribution in [1.29, 1.82) is 0 Å². The van der Waals surface area contributed by atoms with Crippen molar-refractivity contribution in [3.05, 3.63) is 72.1 Å². The minimum absolute atomic E-state index is 0.264. The van der Waals surface area contributed by atoms with E-state index in [1.165, 1.54) is 0 Å². The first-order chi connectivity index (χ1) is 15.2. The molecule has 0 aliphatic carbocycles. The standard InChI is InChI=1S/C25H28N2O4/c1-29-22-7-9-25(30-2)23(14-22)18-6-8-24(31-17-20-5-3-4-11-26-20)19(13-18)15-27-12-10-21(28)16-27/h3-9,11,13-14,21,28H,10,12,15-17H2,1-2H3/t21-/m0/s1. The Morgan fingerprint density at radius 3 is 2.61 bits per heavy atom. The van der Waals surface area contributed by atoms with Gasteiger partial charge in [0, 0.05) is 37.0 Å². The highest BCUT2D eigenvalue weighted by Crippen LogP contribution is 2.36. The highest BCUT2D eigenvalue weighted by Gasteiger charge is 2.22. The van der Waals surface area contributed by atoms with Gasteiger partial charge in [-0.15, -0.1) is 0 Å². The van der Waals surface area contributed by atoms with Gasteiger partial charge in [-0.2, -0.15) is 0 Å². The van der Waals surface area contributed by atoms with Crippen molar-refractivity contribution >= 4 is 0 Å². The number of pyridine rings is 1. The maximum Gasteiger partial charge on any atom is 0.130 e. The Morgan fingerprint density at radius 2 is 1.90 bits per heavy atom. The van der Waals surface area contributed by atoms with Crippen LogP contribution in [0.3, 0.4) is 0 Å². The van der Waals surface area contributed by atoms with E-state index in [2.05, 4.69) is 16.0 Å². The summed E-state index contributed by atoms with van der Waals surface area (Å²) < 4.78 is 17.1. The van der Waals surface area contributed by atoms with Gasteiger partial charge >= 0.3 is 0 Å². The molecule has 1 aromatic heterocycles. The van der Waals surface area contributed by atoms with Gasteiger partial charge in [-0.05, 0) is 54.4 Å². The molecule has 0 bridgehead atoms. The predicted octanol–water partition coefficient (Wildman–Crippen LogP) is 3.91. The van der Waals surface area contributed by atoms with E-state index < -0.39 is 0 Å². The van der Waals surface area contributed by atoms with Crippen LogP contribution < -0.4 is 14.2 Å². The van der Waals surface area contributed by atoms with Crippen molar-refractivity contribution in [3.63, 3.8) is 0 Å². The zero-order valence-corrected chi connectivity index (χ0v) is 18.0. The van der Waals surface area contributed by atoms with E-state index in [0.29, 0.717) is 19.7 Å². The number of rotatable bonds is 8. The number of hydrogen-bond acceptors (Lipinski definition) is 6. The van der Waals surface area contributed by atoms with Crippen LogP contribution in [0.5, 0.6) is 17.2 Å². The maximum atomic E-state index is 9.95. The summed E-state index contributed by atoms with van der Waals surface area (Å²) in [6.07, 6.45) is 2.30. The number of benzene rings is 2. The minimum atomic E-state index is -0.264. The van der Waals surface area contributed by atoms with Crippen LogP contribution >= 0.6 is 0 Å². The van der Waals surface area contributed by atoms with Gasteiger partial charge in [0.15, 0.2) is 0 Å². The molecular weight excluding hydrogens is 392 g/mol. The number of hydrogen-bond donors (Lipinski definition) is 1. The van der Waals surface area contributed by atoms with Crippen molar-refractivity contribution in [2.24, 2.45) is 0 Å². The Balaban J connectivity index is 1.66. The van der Waals surface area contributed by atoms with Crippen molar-refractivity contribution in [2.75, 3.05) is 27.3 Å². The van der Waals surface area contributed by atoms with Crippen LogP contribution in [0.15, 0.2) is 60.8 Å². The average Bonchev–Trinajstić information content (AvgIpc) is 3.22. The van der Waals surface area contributed by atoms with Gasteiger partial charge in [-0.25, -0.2) is 0 Å². The number of aliphatic hydroxyl groups is 1. The van der Waals surface area contributed by atoms with Crippen LogP contribution in [0, 0.1) is 0 Å². The van der Waals surface area contributed by atoms with Crippen molar-refractivity contribution in [1.82, 2.24) is 9.88 Å². The second kappa shape index (κ2) is 9.81. The van der Waals surface area contributed by atoms with Gasteiger partial charge < -0.3 is 19.3 Å². The number of aromatic nitrogens is 1. The fraction of sp³-hybridized carbons (Fsp3) is 0.320. The summed E-state index contributed by atoms with van der Waals surface area (Å²) in [5.41, 5.74) is 3.92. The van der Waals surface area contributed by atoms with Crippen molar-refractivity contribution in [3.8, 4) is 28.4 Å². The Hall–Kier alpha value is -3.09. The lowest BCUT2D eigenvalue weighted by Crippen LogP contribution is -2.22. The van der Waals surface area contributed by atoms with E-state index >= 15 is 0 Å². The first-order valence-corrected chi connectivity index (χ1v) is 10.4. The van der Waals surface area contributed by atoms with Gasteiger partial charge in [0.25, 0.3) is 0 Å². The number of nitrogens with zero attached hydrogens (tertiary/aromatic N) is 2. The van der Waals surface area contributed by atoms with E-state index in [1.54, 1.807) is 20.4 Å². The molecule has 162 valence electrons. The lowest BCUT2D eigenvalue weighted by Gasteiger charge is -2.20. The van der Waals surface area contributed by atoms with Crippen LogP contribution in [0.1, 0.15) is 17.7 Å². The first-order valence-electron chi connectivity index (χ1n) is 10.4. The van der Waals surface area contributed by atoms with E-state index in [9.17, 15) is 5.11 Å². The lowest BCUT2D eigenvalue weighted by molar-refractivity contribution is 0.174. The smallest absolute Gasteiger partial charge is 0.130 e. The third-order valence-electron chi connectivity index (χ3n) is 5.52. The molecule has 2 aromatic carbocycles. The molecule has 6 heteroatoms. The van der Waals surface area contributed by atoms with Crippen LogP contribution in [0.25, 0.3) is 11.1 Å². The van der Waals surface area contributed by atoms with E-state index in [-0.39, 0.29) is 6.10 Å². The summed E-state index contributed by atoms with van der Waals surface area (Å²) >= 11 is 0. The number of β-amino-alcohol motifs (C(OH)–C–C–N with tert-alkyl or cyclic N) is 1. The molecule has 31 heavy (non-hydrogen) atoms. The topological polar surface area (TPSA) is 64.0 Å². The summed E-state index contributed by atoms with van der Waals surface area (Å²) in [5, 5.41) is 9.95. The molecular formula is C25H28N2O4. The van der Waals surface area contributed by atoms with Crippen molar-refractivity contribution in [2.45, 2.75) is 25.7 Å². The van der Waals surface area contributed by atoms with Gasteiger partial charge in [-0.3, -0.25) is 9.88 Å². The Bertz CT molecular complexity index is 1010. The molecule has 1 atom stereocenters. The van der Waals surface area contributed by atoms with Crippen LogP contribution in [0.4, 0.5) is 0 Å². The molecule has 1 saturated heterocycles. The van der Waals surface area contributed by atoms with Crippen LogP contribution in [-0.2, 0) is 13.2 Å². The average molecular weight is 421 g/mol. The van der Waals surface area contributed by atoms with E-state index in [1.807, 2.05) is 48.5 Å². The third kappa shape index (κ3) is 5.16. The summed E-state index contributed by atoms with van der Waals surface area (Å²) in [6, 6.07) is 17.7. The molecule has 1 N–H and O–H groups in total. The summed E-state index contributed by atoms with van der Waals surface area (Å²) in [4.78, 5) is 6.59. The Kier molecular flexibility index (Phi) is 6.70. The molecule has 0 spiro atoms. The number of aliphatic hydroxyl groups excluding tert-OH is 1. The highest BCUT2D eigenvalue weighted by molar-refractivity contribution is 5.73.